The molecule has 1 aromatic carbocycles. The molecule has 2 aromatic heterocycles. The number of ether oxygens (including phenoxy) is 1. The Morgan fingerprint density at radius 1 is 1.43 bits per heavy atom. The Morgan fingerprint density at radius 3 is 3.05 bits per heavy atom. The van der Waals surface area contributed by atoms with Gasteiger partial charge in [0.1, 0.15) is 0 Å². The highest BCUT2D eigenvalue weighted by atomic mass is 16.5. The van der Waals surface area contributed by atoms with Crippen LogP contribution in [0.4, 0.5) is 5.95 Å². The molecule has 0 fully saturated rings. The molecule has 108 valence electrons. The van der Waals surface area contributed by atoms with Gasteiger partial charge in [0, 0.05) is 24.1 Å². The highest BCUT2D eigenvalue weighted by molar-refractivity contribution is 6.12. The topological polar surface area (TPSA) is 84.8 Å². The van der Waals surface area contributed by atoms with Crippen molar-refractivity contribution in [1.29, 1.82) is 0 Å². The van der Waals surface area contributed by atoms with Gasteiger partial charge in [-0.2, -0.15) is 4.98 Å². The van der Waals surface area contributed by atoms with Crippen LogP contribution in [0.1, 0.15) is 17.3 Å². The second-order valence-corrected chi connectivity index (χ2v) is 4.52. The summed E-state index contributed by atoms with van der Waals surface area (Å²) >= 11 is 0. The summed E-state index contributed by atoms with van der Waals surface area (Å²) < 4.78 is 7.05. The Balaban J connectivity index is 1.86. The van der Waals surface area contributed by atoms with Crippen LogP contribution >= 0.6 is 0 Å². The number of aryl methyl sites for hydroxylation is 1. The Morgan fingerprint density at radius 2 is 2.24 bits per heavy atom. The van der Waals surface area contributed by atoms with E-state index in [1.165, 1.54) is 0 Å². The summed E-state index contributed by atoms with van der Waals surface area (Å²) in [6.45, 7) is 2.30. The number of carbonyl (C=O) groups excluding carboxylic acids is 1. The molecule has 3 aromatic rings. The highest BCUT2D eigenvalue weighted by Gasteiger charge is 2.15. The molecule has 0 saturated carbocycles. The molecule has 0 unspecified atom stereocenters. The lowest BCUT2D eigenvalue weighted by atomic mass is 10.1. The van der Waals surface area contributed by atoms with Crippen molar-refractivity contribution in [3.05, 3.63) is 36.0 Å². The first-order chi connectivity index (χ1) is 10.2. The van der Waals surface area contributed by atoms with Gasteiger partial charge in [-0.25, -0.2) is 5.10 Å². The van der Waals surface area contributed by atoms with Gasteiger partial charge < -0.3 is 9.30 Å². The van der Waals surface area contributed by atoms with Gasteiger partial charge in [0.2, 0.25) is 5.95 Å². The van der Waals surface area contributed by atoms with Crippen LogP contribution in [-0.2, 0) is 7.05 Å². The quantitative estimate of drug-likeness (QED) is 0.767. The summed E-state index contributed by atoms with van der Waals surface area (Å²) in [6, 6.07) is 7.94. The zero-order valence-electron chi connectivity index (χ0n) is 11.8. The Bertz CT molecular complexity index is 790. The highest BCUT2D eigenvalue weighted by Crippen LogP contribution is 2.21. The van der Waals surface area contributed by atoms with Crippen LogP contribution in [0, 0.1) is 0 Å². The average Bonchev–Trinajstić information content (AvgIpc) is 3.05. The molecule has 1 amide bonds. The minimum absolute atomic E-state index is 0.214. The number of nitrogens with zero attached hydrogens (tertiary/aromatic N) is 3. The van der Waals surface area contributed by atoms with E-state index in [4.69, 9.17) is 4.74 Å². The number of hydrogen-bond donors (Lipinski definition) is 2. The van der Waals surface area contributed by atoms with Gasteiger partial charge in [0.15, 0.2) is 0 Å². The molecule has 0 aliphatic carbocycles. The van der Waals surface area contributed by atoms with E-state index in [1.807, 2.05) is 42.8 Å². The number of fused-ring (bicyclic) bond motifs is 1. The standard InChI is InChI=1S/C14H15N5O2/c1-3-21-14-16-13(17-18-14)15-12(20)10-8-19(2)11-7-5-4-6-9(10)11/h4-8H,3H2,1-2H3,(H2,15,16,17,18,20). The predicted molar refractivity (Wildman–Crippen MR) is 78.4 cm³/mol. The van der Waals surface area contributed by atoms with Crippen LogP contribution in [0.5, 0.6) is 6.01 Å². The van der Waals surface area contributed by atoms with Crippen molar-refractivity contribution in [2.75, 3.05) is 11.9 Å². The van der Waals surface area contributed by atoms with E-state index in [0.717, 1.165) is 10.9 Å². The van der Waals surface area contributed by atoms with E-state index < -0.39 is 0 Å². The van der Waals surface area contributed by atoms with Crippen LogP contribution in [0.25, 0.3) is 10.9 Å². The Kier molecular flexibility index (Phi) is 3.31. The van der Waals surface area contributed by atoms with E-state index >= 15 is 0 Å². The molecular formula is C14H15N5O2. The van der Waals surface area contributed by atoms with Crippen molar-refractivity contribution in [3.8, 4) is 6.01 Å². The average molecular weight is 285 g/mol. The van der Waals surface area contributed by atoms with Crippen LogP contribution in [0.2, 0.25) is 0 Å². The smallest absolute Gasteiger partial charge is 0.337 e. The molecule has 0 spiro atoms. The SMILES string of the molecule is CCOc1n[nH]c(NC(=O)c2cn(C)c3ccccc23)n1. The van der Waals surface area contributed by atoms with Crippen LogP contribution in [0.15, 0.2) is 30.5 Å². The fraction of sp³-hybridized carbons (Fsp3) is 0.214. The summed E-state index contributed by atoms with van der Waals surface area (Å²) in [6.07, 6.45) is 1.79. The van der Waals surface area contributed by atoms with Gasteiger partial charge in [-0.05, 0) is 13.0 Å². The third kappa shape index (κ3) is 2.45. The molecule has 21 heavy (non-hydrogen) atoms. The minimum atomic E-state index is -0.244. The molecule has 0 radical (unpaired) electrons. The number of amides is 1. The van der Waals surface area contributed by atoms with Gasteiger partial charge in [-0.15, -0.1) is 5.10 Å². The fourth-order valence-electron chi connectivity index (χ4n) is 2.19. The number of anilines is 1. The van der Waals surface area contributed by atoms with Crippen molar-refractivity contribution in [3.63, 3.8) is 0 Å². The second-order valence-electron chi connectivity index (χ2n) is 4.52. The zero-order valence-corrected chi connectivity index (χ0v) is 11.8. The molecule has 0 aliphatic heterocycles. The first kappa shape index (κ1) is 13.2. The summed E-state index contributed by atoms with van der Waals surface area (Å²) in [5, 5.41) is 10.0. The predicted octanol–water partition coefficient (Wildman–Crippen LogP) is 1.95. The molecule has 7 nitrogen and oxygen atoms in total. The van der Waals surface area contributed by atoms with Crippen LogP contribution in [-0.4, -0.2) is 32.3 Å². The van der Waals surface area contributed by atoms with Crippen molar-refractivity contribution in [2.45, 2.75) is 6.92 Å². The maximum Gasteiger partial charge on any atom is 0.337 e. The van der Waals surface area contributed by atoms with Gasteiger partial charge in [-0.3, -0.25) is 10.1 Å². The molecule has 3 rings (SSSR count). The lowest BCUT2D eigenvalue weighted by molar-refractivity contribution is 0.102. The molecule has 2 heterocycles. The van der Waals surface area contributed by atoms with E-state index in [9.17, 15) is 4.79 Å². The summed E-state index contributed by atoms with van der Waals surface area (Å²) in [5.41, 5.74) is 1.58. The van der Waals surface area contributed by atoms with E-state index in [-0.39, 0.29) is 17.9 Å². The molecule has 2 N–H and O–H groups in total. The molecule has 0 aliphatic rings. The molecule has 0 bridgehead atoms. The number of nitrogens with one attached hydrogen (secondary N) is 2. The monoisotopic (exact) mass is 285 g/mol. The number of aromatic nitrogens is 4. The Labute approximate surface area is 120 Å². The lowest BCUT2D eigenvalue weighted by Crippen LogP contribution is -2.12. The molecule has 0 saturated heterocycles. The van der Waals surface area contributed by atoms with E-state index in [1.54, 1.807) is 6.20 Å². The molecule has 0 atom stereocenters. The van der Waals surface area contributed by atoms with Crippen molar-refractivity contribution >= 4 is 22.8 Å². The Hall–Kier alpha value is -2.83. The fourth-order valence-corrected chi connectivity index (χ4v) is 2.19. The van der Waals surface area contributed by atoms with Crippen LogP contribution in [0.3, 0.4) is 0 Å². The molecule has 7 heteroatoms. The van der Waals surface area contributed by atoms with Gasteiger partial charge in [0.05, 0.1) is 12.2 Å². The maximum absolute atomic E-state index is 12.4. The number of carbonyl (C=O) groups is 1. The minimum Gasteiger partial charge on any atom is -0.463 e. The van der Waals surface area contributed by atoms with Crippen molar-refractivity contribution in [1.82, 2.24) is 19.7 Å². The van der Waals surface area contributed by atoms with Crippen molar-refractivity contribution in [2.24, 2.45) is 7.05 Å². The van der Waals surface area contributed by atoms with Crippen LogP contribution < -0.4 is 10.1 Å². The normalized spacial score (nSPS) is 10.8. The summed E-state index contributed by atoms with van der Waals surface area (Å²) in [5.74, 6) is 0.0161. The number of aromatic amines is 1. The van der Waals surface area contributed by atoms with Gasteiger partial charge in [0.25, 0.3) is 5.91 Å². The van der Waals surface area contributed by atoms with E-state index in [0.29, 0.717) is 12.2 Å². The summed E-state index contributed by atoms with van der Waals surface area (Å²) in [7, 11) is 1.90. The number of benzene rings is 1. The number of para-hydroxylation sites is 1. The number of rotatable bonds is 4. The first-order valence-electron chi connectivity index (χ1n) is 6.59. The molecular weight excluding hydrogens is 270 g/mol. The number of hydrogen-bond acceptors (Lipinski definition) is 4. The number of H-pyrrole nitrogens is 1. The zero-order chi connectivity index (χ0) is 14.8. The third-order valence-corrected chi connectivity index (χ3v) is 3.11. The third-order valence-electron chi connectivity index (χ3n) is 3.11. The lowest BCUT2D eigenvalue weighted by Gasteiger charge is -1.99. The van der Waals surface area contributed by atoms with Gasteiger partial charge >= 0.3 is 6.01 Å². The van der Waals surface area contributed by atoms with Crippen molar-refractivity contribution < 1.29 is 9.53 Å². The van der Waals surface area contributed by atoms with Gasteiger partial charge in [-0.1, -0.05) is 18.2 Å². The largest absolute Gasteiger partial charge is 0.463 e. The van der Waals surface area contributed by atoms with E-state index in [2.05, 4.69) is 20.5 Å². The second kappa shape index (κ2) is 5.28. The first-order valence-corrected chi connectivity index (χ1v) is 6.59. The summed E-state index contributed by atoms with van der Waals surface area (Å²) in [4.78, 5) is 16.4. The maximum atomic E-state index is 12.4.